The van der Waals surface area contributed by atoms with Crippen molar-refractivity contribution in [1.29, 1.82) is 0 Å². The number of hydrogen-bond acceptors (Lipinski definition) is 3. The molecule has 0 aliphatic rings. The molecule has 5 heteroatoms. The molecule has 1 amide bonds. The van der Waals surface area contributed by atoms with Gasteiger partial charge in [0.1, 0.15) is 0 Å². The lowest BCUT2D eigenvalue weighted by Gasteiger charge is -2.25. The summed E-state index contributed by atoms with van der Waals surface area (Å²) in [5, 5.41) is 8.87. The monoisotopic (exact) mass is 278 g/mol. The molecule has 0 aliphatic carbocycles. The van der Waals surface area contributed by atoms with Gasteiger partial charge in [-0.2, -0.15) is 0 Å². The molecule has 0 saturated carbocycles. The summed E-state index contributed by atoms with van der Waals surface area (Å²) < 4.78 is 0. The van der Waals surface area contributed by atoms with Crippen molar-refractivity contribution in [3.63, 3.8) is 0 Å². The Morgan fingerprint density at radius 2 is 1.75 bits per heavy atom. The van der Waals surface area contributed by atoms with Gasteiger partial charge in [-0.05, 0) is 32.0 Å². The first-order valence-electron chi connectivity index (χ1n) is 6.88. The summed E-state index contributed by atoms with van der Waals surface area (Å²) >= 11 is 0. The Morgan fingerprint density at radius 1 is 1.10 bits per heavy atom. The van der Waals surface area contributed by atoms with Gasteiger partial charge in [0, 0.05) is 12.2 Å². The molecule has 0 spiro atoms. The van der Waals surface area contributed by atoms with E-state index >= 15 is 0 Å². The smallest absolute Gasteiger partial charge is 0.317 e. The lowest BCUT2D eigenvalue weighted by Crippen LogP contribution is -2.42. The van der Waals surface area contributed by atoms with E-state index in [4.69, 9.17) is 5.11 Å². The van der Waals surface area contributed by atoms with Crippen molar-refractivity contribution in [3.8, 4) is 0 Å². The van der Waals surface area contributed by atoms with Crippen LogP contribution < -0.4 is 4.90 Å². The maximum absolute atomic E-state index is 12.3. The minimum Gasteiger partial charge on any atom is -0.480 e. The first-order valence-corrected chi connectivity index (χ1v) is 6.88. The summed E-state index contributed by atoms with van der Waals surface area (Å²) in [6.45, 7) is 5.06. The largest absolute Gasteiger partial charge is 0.480 e. The SMILES string of the molecule is CCCN(CC(=O)O)CC(=O)N(CC)c1ccccc1. The fourth-order valence-electron chi connectivity index (χ4n) is 2.11. The average molecular weight is 278 g/mol. The first-order chi connectivity index (χ1) is 9.58. The second-order valence-corrected chi connectivity index (χ2v) is 4.58. The van der Waals surface area contributed by atoms with Crippen LogP contribution in [0.1, 0.15) is 20.3 Å². The zero-order valence-corrected chi connectivity index (χ0v) is 12.1. The van der Waals surface area contributed by atoms with Gasteiger partial charge in [-0.3, -0.25) is 14.5 Å². The minimum atomic E-state index is -0.908. The molecule has 0 fully saturated rings. The summed E-state index contributed by atoms with van der Waals surface area (Å²) in [5.74, 6) is -0.984. The number of likely N-dealkylation sites (N-methyl/N-ethyl adjacent to an activating group) is 1. The highest BCUT2D eigenvalue weighted by atomic mass is 16.4. The zero-order valence-electron chi connectivity index (χ0n) is 12.1. The van der Waals surface area contributed by atoms with Gasteiger partial charge >= 0.3 is 5.97 Å². The lowest BCUT2D eigenvalue weighted by atomic mass is 10.2. The maximum Gasteiger partial charge on any atom is 0.317 e. The van der Waals surface area contributed by atoms with Crippen molar-refractivity contribution in [2.75, 3.05) is 31.1 Å². The Kier molecular flexibility index (Phi) is 6.73. The second kappa shape index (κ2) is 8.32. The van der Waals surface area contributed by atoms with E-state index in [1.54, 1.807) is 9.80 Å². The number of benzene rings is 1. The van der Waals surface area contributed by atoms with Crippen LogP contribution in [0.15, 0.2) is 30.3 Å². The molecule has 0 unspecified atom stereocenters. The van der Waals surface area contributed by atoms with Crippen molar-refractivity contribution in [2.24, 2.45) is 0 Å². The highest BCUT2D eigenvalue weighted by molar-refractivity contribution is 5.94. The van der Waals surface area contributed by atoms with Gasteiger partial charge in [0.15, 0.2) is 0 Å². The van der Waals surface area contributed by atoms with Gasteiger partial charge in [-0.15, -0.1) is 0 Å². The third-order valence-corrected chi connectivity index (χ3v) is 2.94. The molecule has 0 atom stereocenters. The van der Waals surface area contributed by atoms with Gasteiger partial charge in [-0.1, -0.05) is 25.1 Å². The number of carbonyl (C=O) groups excluding carboxylic acids is 1. The molecule has 0 radical (unpaired) electrons. The van der Waals surface area contributed by atoms with E-state index in [-0.39, 0.29) is 19.0 Å². The van der Waals surface area contributed by atoms with Gasteiger partial charge in [-0.25, -0.2) is 0 Å². The molecule has 20 heavy (non-hydrogen) atoms. The highest BCUT2D eigenvalue weighted by Gasteiger charge is 2.18. The molecule has 0 aromatic heterocycles. The van der Waals surface area contributed by atoms with E-state index in [2.05, 4.69) is 0 Å². The molecule has 110 valence electrons. The first kappa shape index (κ1) is 16.2. The summed E-state index contributed by atoms with van der Waals surface area (Å²) in [7, 11) is 0. The van der Waals surface area contributed by atoms with E-state index in [1.807, 2.05) is 44.2 Å². The topological polar surface area (TPSA) is 60.9 Å². The van der Waals surface area contributed by atoms with Crippen molar-refractivity contribution in [1.82, 2.24) is 4.90 Å². The minimum absolute atomic E-state index is 0.0756. The van der Waals surface area contributed by atoms with Crippen molar-refractivity contribution in [2.45, 2.75) is 20.3 Å². The third-order valence-electron chi connectivity index (χ3n) is 2.94. The molecule has 1 rings (SSSR count). The fourth-order valence-corrected chi connectivity index (χ4v) is 2.11. The summed E-state index contributed by atoms with van der Waals surface area (Å²) in [6.07, 6.45) is 0.817. The van der Waals surface area contributed by atoms with Crippen LogP contribution in [-0.2, 0) is 9.59 Å². The Labute approximate surface area is 119 Å². The quantitative estimate of drug-likeness (QED) is 0.788. The number of hydrogen-bond donors (Lipinski definition) is 1. The van der Waals surface area contributed by atoms with Crippen LogP contribution in [0, 0.1) is 0 Å². The number of anilines is 1. The van der Waals surface area contributed by atoms with Crippen LogP contribution in [0.5, 0.6) is 0 Å². The lowest BCUT2D eigenvalue weighted by molar-refractivity contribution is -0.138. The molecule has 0 heterocycles. The summed E-state index contributed by atoms with van der Waals surface area (Å²) in [5.41, 5.74) is 0.840. The van der Waals surface area contributed by atoms with Crippen LogP contribution in [0.25, 0.3) is 0 Å². The average Bonchev–Trinajstić information content (AvgIpc) is 2.40. The van der Waals surface area contributed by atoms with E-state index in [0.29, 0.717) is 13.1 Å². The third kappa shape index (κ3) is 5.01. The van der Waals surface area contributed by atoms with E-state index in [0.717, 1.165) is 12.1 Å². The number of para-hydroxylation sites is 1. The van der Waals surface area contributed by atoms with Crippen LogP contribution in [0.3, 0.4) is 0 Å². The van der Waals surface area contributed by atoms with Gasteiger partial charge < -0.3 is 10.0 Å². The molecular formula is C15H22N2O3. The van der Waals surface area contributed by atoms with Crippen LogP contribution in [0.2, 0.25) is 0 Å². The number of amides is 1. The summed E-state index contributed by atoms with van der Waals surface area (Å²) in [4.78, 5) is 26.5. The van der Waals surface area contributed by atoms with Crippen molar-refractivity contribution >= 4 is 17.6 Å². The Morgan fingerprint density at radius 3 is 2.25 bits per heavy atom. The van der Waals surface area contributed by atoms with Crippen LogP contribution >= 0.6 is 0 Å². The number of carboxylic acid groups (broad SMARTS) is 1. The number of rotatable bonds is 8. The molecule has 0 saturated heterocycles. The molecule has 1 aromatic rings. The van der Waals surface area contributed by atoms with Crippen LogP contribution in [0.4, 0.5) is 5.69 Å². The van der Waals surface area contributed by atoms with E-state index in [1.165, 1.54) is 0 Å². The highest BCUT2D eigenvalue weighted by Crippen LogP contribution is 2.13. The molecule has 0 bridgehead atoms. The molecule has 1 aromatic carbocycles. The predicted molar refractivity (Wildman–Crippen MR) is 78.8 cm³/mol. The standard InChI is InChI=1S/C15H22N2O3/c1-3-10-16(12-15(19)20)11-14(18)17(4-2)13-8-6-5-7-9-13/h5-9H,3-4,10-12H2,1-2H3,(H,19,20). The van der Waals surface area contributed by atoms with Gasteiger partial charge in [0.2, 0.25) is 5.91 Å². The number of carboxylic acids is 1. The predicted octanol–water partition coefficient (Wildman–Crippen LogP) is 1.84. The number of carbonyl (C=O) groups is 2. The van der Waals surface area contributed by atoms with Crippen molar-refractivity contribution < 1.29 is 14.7 Å². The zero-order chi connectivity index (χ0) is 15.0. The number of aliphatic carboxylic acids is 1. The van der Waals surface area contributed by atoms with Gasteiger partial charge in [0.05, 0.1) is 13.1 Å². The van der Waals surface area contributed by atoms with Crippen molar-refractivity contribution in [3.05, 3.63) is 30.3 Å². The molecule has 5 nitrogen and oxygen atoms in total. The molecule has 1 N–H and O–H groups in total. The second-order valence-electron chi connectivity index (χ2n) is 4.58. The Hall–Kier alpha value is -1.88. The van der Waals surface area contributed by atoms with Gasteiger partial charge in [0.25, 0.3) is 0 Å². The fraction of sp³-hybridized carbons (Fsp3) is 0.467. The maximum atomic E-state index is 12.3. The normalized spacial score (nSPS) is 10.6. The van der Waals surface area contributed by atoms with Crippen LogP contribution in [-0.4, -0.2) is 48.1 Å². The van der Waals surface area contributed by atoms with E-state index < -0.39 is 5.97 Å². The Balaban J connectivity index is 2.73. The molecular weight excluding hydrogens is 256 g/mol. The van der Waals surface area contributed by atoms with E-state index in [9.17, 15) is 9.59 Å². The number of nitrogens with zero attached hydrogens (tertiary/aromatic N) is 2. The Bertz CT molecular complexity index is 434. The summed E-state index contributed by atoms with van der Waals surface area (Å²) in [6, 6.07) is 9.42. The molecule has 0 aliphatic heterocycles.